The van der Waals surface area contributed by atoms with Crippen molar-refractivity contribution < 1.29 is 19.4 Å². The van der Waals surface area contributed by atoms with Crippen molar-refractivity contribution in [3.05, 3.63) is 0 Å². The molecule has 0 saturated carbocycles. The number of esters is 1. The number of hydrogen-bond acceptors (Lipinski definition) is 4. The van der Waals surface area contributed by atoms with Gasteiger partial charge in [-0.25, -0.2) is 0 Å². The lowest BCUT2D eigenvalue weighted by Gasteiger charge is -2.06. The van der Waals surface area contributed by atoms with Crippen molar-refractivity contribution in [3.63, 3.8) is 0 Å². The molecule has 0 spiro atoms. The molecule has 13 heavy (non-hydrogen) atoms. The average Bonchev–Trinajstić information content (AvgIpc) is 2.50. The van der Waals surface area contributed by atoms with Gasteiger partial charge in [0.1, 0.15) is 6.04 Å². The number of carbonyl (C=O) groups excluding carboxylic acids is 1. The first kappa shape index (κ1) is 9.98. The molecule has 0 aromatic carbocycles. The molecule has 0 amide bonds. The van der Waals surface area contributed by atoms with Crippen molar-refractivity contribution in [2.24, 2.45) is 5.92 Å². The summed E-state index contributed by atoms with van der Waals surface area (Å²) in [5, 5.41) is 11.4. The third kappa shape index (κ3) is 2.69. The van der Waals surface area contributed by atoms with Gasteiger partial charge in [0, 0.05) is 6.42 Å². The van der Waals surface area contributed by atoms with Crippen molar-refractivity contribution in [1.29, 1.82) is 0 Å². The Morgan fingerprint density at radius 2 is 2.31 bits per heavy atom. The summed E-state index contributed by atoms with van der Waals surface area (Å²) in [5.41, 5.74) is 0. The van der Waals surface area contributed by atoms with Crippen LogP contribution in [-0.4, -0.2) is 36.7 Å². The van der Waals surface area contributed by atoms with Gasteiger partial charge in [0.2, 0.25) is 0 Å². The molecule has 1 aliphatic heterocycles. The van der Waals surface area contributed by atoms with Gasteiger partial charge in [0.15, 0.2) is 0 Å². The van der Waals surface area contributed by atoms with E-state index in [9.17, 15) is 9.59 Å². The number of aliphatic carboxylic acids is 1. The Morgan fingerprint density at radius 3 is 2.85 bits per heavy atom. The fourth-order valence-electron chi connectivity index (χ4n) is 1.53. The molecule has 0 aromatic heterocycles. The van der Waals surface area contributed by atoms with Crippen molar-refractivity contribution in [1.82, 2.24) is 5.32 Å². The van der Waals surface area contributed by atoms with E-state index in [2.05, 4.69) is 10.1 Å². The molecule has 1 fully saturated rings. The highest BCUT2D eigenvalue weighted by Gasteiger charge is 2.30. The number of hydrogen-bond donors (Lipinski definition) is 2. The SMILES string of the molecule is COC(=O)[C@@H]1C[C@H](CC(=O)O)CN1. The van der Waals surface area contributed by atoms with Crippen LogP contribution in [0, 0.1) is 5.92 Å². The maximum Gasteiger partial charge on any atom is 0.322 e. The predicted octanol–water partition coefficient (Wildman–Crippen LogP) is -0.388. The minimum absolute atomic E-state index is 0.0431. The topological polar surface area (TPSA) is 75.6 Å². The lowest BCUT2D eigenvalue weighted by Crippen LogP contribution is -2.31. The number of nitrogens with one attached hydrogen (secondary N) is 1. The summed E-state index contributed by atoms with van der Waals surface area (Å²) in [6.07, 6.45) is 0.666. The Kier molecular flexibility index (Phi) is 3.25. The van der Waals surface area contributed by atoms with Crippen LogP contribution in [0.2, 0.25) is 0 Å². The molecule has 0 radical (unpaired) electrons. The zero-order valence-corrected chi connectivity index (χ0v) is 7.45. The van der Waals surface area contributed by atoms with E-state index in [1.807, 2.05) is 0 Å². The van der Waals surface area contributed by atoms with Crippen molar-refractivity contribution in [2.45, 2.75) is 18.9 Å². The highest BCUT2D eigenvalue weighted by molar-refractivity contribution is 5.76. The molecule has 2 atom stereocenters. The van der Waals surface area contributed by atoms with Gasteiger partial charge in [-0.15, -0.1) is 0 Å². The molecule has 0 unspecified atom stereocenters. The second kappa shape index (κ2) is 4.23. The fourth-order valence-corrected chi connectivity index (χ4v) is 1.53. The van der Waals surface area contributed by atoms with E-state index in [0.29, 0.717) is 13.0 Å². The van der Waals surface area contributed by atoms with Crippen LogP contribution in [0.25, 0.3) is 0 Å². The molecule has 1 aliphatic rings. The van der Waals surface area contributed by atoms with Crippen LogP contribution in [0.3, 0.4) is 0 Å². The van der Waals surface area contributed by atoms with Crippen molar-refractivity contribution in [2.75, 3.05) is 13.7 Å². The van der Waals surface area contributed by atoms with Gasteiger partial charge < -0.3 is 15.2 Å². The van der Waals surface area contributed by atoms with E-state index in [-0.39, 0.29) is 24.3 Å². The zero-order valence-electron chi connectivity index (χ0n) is 7.45. The van der Waals surface area contributed by atoms with Crippen molar-refractivity contribution >= 4 is 11.9 Å². The monoisotopic (exact) mass is 187 g/mol. The molecular formula is C8H13NO4. The maximum atomic E-state index is 11.0. The normalized spacial score (nSPS) is 27.2. The van der Waals surface area contributed by atoms with E-state index in [1.54, 1.807) is 0 Å². The highest BCUT2D eigenvalue weighted by atomic mass is 16.5. The van der Waals surface area contributed by atoms with Crippen LogP contribution >= 0.6 is 0 Å². The number of rotatable bonds is 3. The first-order valence-corrected chi connectivity index (χ1v) is 4.16. The van der Waals surface area contributed by atoms with Crippen LogP contribution < -0.4 is 5.32 Å². The summed E-state index contributed by atoms with van der Waals surface area (Å²) < 4.78 is 4.54. The molecule has 1 heterocycles. The molecule has 5 nitrogen and oxygen atoms in total. The molecule has 0 bridgehead atoms. The Balaban J connectivity index is 2.36. The van der Waals surface area contributed by atoms with Crippen LogP contribution in [0.15, 0.2) is 0 Å². The first-order valence-electron chi connectivity index (χ1n) is 4.16. The molecule has 2 N–H and O–H groups in total. The van der Waals surface area contributed by atoms with E-state index in [1.165, 1.54) is 7.11 Å². The Labute approximate surface area is 76.1 Å². The highest BCUT2D eigenvalue weighted by Crippen LogP contribution is 2.17. The standard InChI is InChI=1S/C8H13NO4/c1-13-8(12)6-2-5(4-9-6)3-7(10)11/h5-6,9H,2-4H2,1H3,(H,10,11)/t5-,6+/m1/s1. The maximum absolute atomic E-state index is 11.0. The fraction of sp³-hybridized carbons (Fsp3) is 0.750. The molecule has 1 rings (SSSR count). The zero-order chi connectivity index (χ0) is 9.84. The summed E-state index contributed by atoms with van der Waals surface area (Å²) in [5.74, 6) is -1.09. The minimum atomic E-state index is -0.822. The van der Waals surface area contributed by atoms with Crippen LogP contribution in [0.4, 0.5) is 0 Å². The molecule has 5 heteroatoms. The van der Waals surface area contributed by atoms with E-state index < -0.39 is 5.97 Å². The van der Waals surface area contributed by atoms with Crippen LogP contribution in [0.5, 0.6) is 0 Å². The van der Waals surface area contributed by atoms with Gasteiger partial charge in [-0.3, -0.25) is 9.59 Å². The van der Waals surface area contributed by atoms with Crippen LogP contribution in [0.1, 0.15) is 12.8 Å². The van der Waals surface area contributed by atoms with Crippen molar-refractivity contribution in [3.8, 4) is 0 Å². The number of methoxy groups -OCH3 is 1. The summed E-state index contributed by atoms with van der Waals surface area (Å²) in [6, 6.07) is -0.325. The smallest absolute Gasteiger partial charge is 0.322 e. The molecular weight excluding hydrogens is 174 g/mol. The summed E-state index contributed by atoms with van der Waals surface area (Å²) >= 11 is 0. The number of carboxylic acids is 1. The summed E-state index contributed by atoms with van der Waals surface area (Å²) in [7, 11) is 1.33. The van der Waals surface area contributed by atoms with Crippen LogP contribution in [-0.2, 0) is 14.3 Å². The molecule has 74 valence electrons. The lowest BCUT2D eigenvalue weighted by molar-refractivity contribution is -0.143. The van der Waals surface area contributed by atoms with Gasteiger partial charge >= 0.3 is 11.9 Å². The Hall–Kier alpha value is -1.10. The predicted molar refractivity (Wildman–Crippen MR) is 44.2 cm³/mol. The average molecular weight is 187 g/mol. The Bertz CT molecular complexity index is 216. The minimum Gasteiger partial charge on any atom is -0.481 e. The first-order chi connectivity index (χ1) is 6.13. The van der Waals surface area contributed by atoms with Gasteiger partial charge in [0.05, 0.1) is 7.11 Å². The van der Waals surface area contributed by atoms with E-state index in [0.717, 1.165) is 0 Å². The summed E-state index contributed by atoms with van der Waals surface area (Å²) in [4.78, 5) is 21.4. The second-order valence-corrected chi connectivity index (χ2v) is 3.18. The van der Waals surface area contributed by atoms with Gasteiger partial charge in [0.25, 0.3) is 0 Å². The largest absolute Gasteiger partial charge is 0.481 e. The molecule has 0 aliphatic carbocycles. The summed E-state index contributed by atoms with van der Waals surface area (Å²) in [6.45, 7) is 0.575. The van der Waals surface area contributed by atoms with Gasteiger partial charge in [-0.2, -0.15) is 0 Å². The third-order valence-electron chi connectivity index (χ3n) is 2.17. The lowest BCUT2D eigenvalue weighted by atomic mass is 10.0. The Morgan fingerprint density at radius 1 is 1.62 bits per heavy atom. The molecule has 1 saturated heterocycles. The second-order valence-electron chi connectivity index (χ2n) is 3.18. The van der Waals surface area contributed by atoms with E-state index >= 15 is 0 Å². The van der Waals surface area contributed by atoms with E-state index in [4.69, 9.17) is 5.11 Å². The van der Waals surface area contributed by atoms with Gasteiger partial charge in [-0.05, 0) is 18.9 Å². The molecule has 0 aromatic rings. The third-order valence-corrected chi connectivity index (χ3v) is 2.17. The quantitative estimate of drug-likeness (QED) is 0.588. The number of carboxylic acid groups (broad SMARTS) is 1. The van der Waals surface area contributed by atoms with Gasteiger partial charge in [-0.1, -0.05) is 0 Å². The number of carbonyl (C=O) groups is 2. The number of ether oxygens (including phenoxy) is 1.